The molecule has 0 N–H and O–H groups in total. The van der Waals surface area contributed by atoms with Crippen LogP contribution in [-0.2, 0) is 10.0 Å². The number of sulfonamides is 1. The monoisotopic (exact) mass is 610 g/mol. The molecule has 3 aromatic rings. The maximum atomic E-state index is 13.7. The van der Waals surface area contributed by atoms with Crippen molar-refractivity contribution in [1.29, 1.82) is 0 Å². The second kappa shape index (κ2) is 14.5. The molecule has 4 rings (SSSR count). The summed E-state index contributed by atoms with van der Waals surface area (Å²) >= 11 is 1.42. The summed E-state index contributed by atoms with van der Waals surface area (Å²) in [7, 11) is 0.352. The Morgan fingerprint density at radius 3 is 2.15 bits per heavy atom. The van der Waals surface area contributed by atoms with Gasteiger partial charge < -0.3 is 14.4 Å². The molecule has 9 nitrogen and oxygen atoms in total. The first kappa shape index (κ1) is 32.1. The van der Waals surface area contributed by atoms with E-state index < -0.39 is 10.0 Å². The molecular formula is C28H39ClN4O5S2. The van der Waals surface area contributed by atoms with E-state index in [9.17, 15) is 13.2 Å². The minimum Gasteiger partial charge on any atom is -0.454 e. The fourth-order valence-electron chi connectivity index (χ4n) is 4.35. The van der Waals surface area contributed by atoms with Gasteiger partial charge in [-0.3, -0.25) is 9.69 Å². The highest BCUT2D eigenvalue weighted by atomic mass is 35.5. The fraction of sp³-hybridized carbons (Fsp3) is 0.500. The number of aromatic nitrogens is 1. The molecule has 0 spiro atoms. The van der Waals surface area contributed by atoms with Gasteiger partial charge in [0.2, 0.25) is 16.8 Å². The van der Waals surface area contributed by atoms with E-state index in [2.05, 4.69) is 18.7 Å². The van der Waals surface area contributed by atoms with Crippen molar-refractivity contribution in [2.75, 3.05) is 52.0 Å². The molecule has 1 aromatic heterocycles. The van der Waals surface area contributed by atoms with Crippen molar-refractivity contribution in [2.24, 2.45) is 0 Å². The summed E-state index contributed by atoms with van der Waals surface area (Å²) < 4.78 is 40.2. The smallest absolute Gasteiger partial charge is 0.260 e. The molecule has 40 heavy (non-hydrogen) atoms. The molecule has 1 aliphatic heterocycles. The van der Waals surface area contributed by atoms with Gasteiger partial charge in [-0.25, -0.2) is 13.4 Å². The highest BCUT2D eigenvalue weighted by molar-refractivity contribution is 7.89. The number of amides is 1. The standard InChI is InChI=1S/C28H38N4O5S2.ClH/c1-5-7-15-31(16-8-6-2)39(34,35)22-12-10-21(11-13-22)27(33)32(17-9-14-30(3)4)28-29-23-18-24-25(37-20-36-24)19-26(23)38-28;/h10-13,18-19H,5-9,14-17,20H2,1-4H3;1H. The third-order valence-electron chi connectivity index (χ3n) is 6.60. The van der Waals surface area contributed by atoms with E-state index in [1.807, 2.05) is 26.2 Å². The van der Waals surface area contributed by atoms with Crippen LogP contribution in [0.5, 0.6) is 11.5 Å². The molecule has 2 heterocycles. The number of hydrogen-bond donors (Lipinski definition) is 0. The Balaban J connectivity index is 0.00000441. The van der Waals surface area contributed by atoms with Crippen LogP contribution in [0.4, 0.5) is 5.13 Å². The van der Waals surface area contributed by atoms with Crippen molar-refractivity contribution in [2.45, 2.75) is 50.8 Å². The Labute approximate surface area is 247 Å². The normalized spacial score (nSPS) is 12.8. The van der Waals surface area contributed by atoms with Gasteiger partial charge in [0.15, 0.2) is 16.6 Å². The summed E-state index contributed by atoms with van der Waals surface area (Å²) in [5, 5.41) is 0.583. The van der Waals surface area contributed by atoms with Gasteiger partial charge in [0.25, 0.3) is 5.91 Å². The number of ether oxygens (including phenoxy) is 2. The Morgan fingerprint density at radius 2 is 1.55 bits per heavy atom. The predicted molar refractivity (Wildman–Crippen MR) is 163 cm³/mol. The van der Waals surface area contributed by atoms with Gasteiger partial charge in [-0.2, -0.15) is 4.31 Å². The SMILES string of the molecule is CCCCN(CCCC)S(=O)(=O)c1ccc(C(=O)N(CCCN(C)C)c2nc3cc4c(cc3s2)OCO4)cc1.Cl. The van der Waals surface area contributed by atoms with Crippen LogP contribution in [0.25, 0.3) is 10.2 Å². The van der Waals surface area contributed by atoms with E-state index in [-0.39, 0.29) is 30.0 Å². The van der Waals surface area contributed by atoms with E-state index >= 15 is 0 Å². The molecule has 0 bridgehead atoms. The average Bonchev–Trinajstić information content (AvgIpc) is 3.55. The van der Waals surface area contributed by atoms with Gasteiger partial charge in [-0.05, 0) is 64.2 Å². The molecule has 0 saturated carbocycles. The highest BCUT2D eigenvalue weighted by Gasteiger charge is 2.26. The van der Waals surface area contributed by atoms with Crippen molar-refractivity contribution in [1.82, 2.24) is 14.2 Å². The quantitative estimate of drug-likeness (QED) is 0.233. The summed E-state index contributed by atoms with van der Waals surface area (Å²) in [4.78, 5) is 22.5. The molecule has 0 fully saturated rings. The van der Waals surface area contributed by atoms with E-state index in [4.69, 9.17) is 14.5 Å². The number of rotatable bonds is 14. The number of unbranched alkanes of at least 4 members (excludes halogenated alkanes) is 2. The van der Waals surface area contributed by atoms with Crippen LogP contribution in [0.3, 0.4) is 0 Å². The molecule has 0 atom stereocenters. The van der Waals surface area contributed by atoms with Gasteiger partial charge in [-0.1, -0.05) is 38.0 Å². The number of benzene rings is 2. The molecule has 0 radical (unpaired) electrons. The Morgan fingerprint density at radius 1 is 0.925 bits per heavy atom. The van der Waals surface area contributed by atoms with Crippen molar-refractivity contribution in [3.63, 3.8) is 0 Å². The zero-order valence-corrected chi connectivity index (χ0v) is 26.0. The Hall–Kier alpha value is -2.44. The summed E-state index contributed by atoms with van der Waals surface area (Å²) in [5.41, 5.74) is 1.16. The van der Waals surface area contributed by atoms with E-state index in [1.165, 1.54) is 11.3 Å². The number of nitrogens with zero attached hydrogens (tertiary/aromatic N) is 4. The number of carbonyl (C=O) groups is 1. The van der Waals surface area contributed by atoms with E-state index in [1.54, 1.807) is 33.5 Å². The van der Waals surface area contributed by atoms with Crippen LogP contribution in [-0.4, -0.2) is 75.6 Å². The Bertz CT molecular complexity index is 1330. The summed E-state index contributed by atoms with van der Waals surface area (Å²) in [6, 6.07) is 10.0. The van der Waals surface area contributed by atoms with Crippen molar-refractivity contribution >= 4 is 55.0 Å². The zero-order valence-electron chi connectivity index (χ0n) is 23.6. The lowest BCUT2D eigenvalue weighted by Gasteiger charge is -2.23. The third-order valence-corrected chi connectivity index (χ3v) is 9.55. The number of carbonyl (C=O) groups excluding carboxylic acids is 1. The number of hydrogen-bond acceptors (Lipinski definition) is 8. The molecule has 220 valence electrons. The first-order valence-corrected chi connectivity index (χ1v) is 15.8. The molecule has 12 heteroatoms. The van der Waals surface area contributed by atoms with Gasteiger partial charge in [0.05, 0.1) is 15.1 Å². The molecular weight excluding hydrogens is 572 g/mol. The van der Waals surface area contributed by atoms with Crippen molar-refractivity contribution in [3.8, 4) is 11.5 Å². The minimum atomic E-state index is -3.64. The number of anilines is 1. The second-order valence-corrected chi connectivity index (χ2v) is 12.9. The topological polar surface area (TPSA) is 92.3 Å². The molecule has 1 amide bonds. The van der Waals surface area contributed by atoms with Crippen molar-refractivity contribution < 1.29 is 22.7 Å². The van der Waals surface area contributed by atoms with Crippen LogP contribution in [0.15, 0.2) is 41.3 Å². The van der Waals surface area contributed by atoms with Gasteiger partial charge >= 0.3 is 0 Å². The zero-order chi connectivity index (χ0) is 28.0. The molecule has 0 saturated heterocycles. The van der Waals surface area contributed by atoms with E-state index in [0.29, 0.717) is 41.8 Å². The van der Waals surface area contributed by atoms with Gasteiger partial charge in [0.1, 0.15) is 0 Å². The van der Waals surface area contributed by atoms with Gasteiger partial charge in [-0.15, -0.1) is 12.4 Å². The van der Waals surface area contributed by atoms with Crippen molar-refractivity contribution in [3.05, 3.63) is 42.0 Å². The van der Waals surface area contributed by atoms with Crippen LogP contribution in [0.2, 0.25) is 0 Å². The summed E-state index contributed by atoms with van der Waals surface area (Å²) in [6.07, 6.45) is 4.22. The molecule has 2 aromatic carbocycles. The lowest BCUT2D eigenvalue weighted by atomic mass is 10.2. The predicted octanol–water partition coefficient (Wildman–Crippen LogP) is 5.64. The van der Waals surface area contributed by atoms with Crippen LogP contribution in [0.1, 0.15) is 56.3 Å². The maximum absolute atomic E-state index is 13.7. The van der Waals surface area contributed by atoms with Gasteiger partial charge in [0, 0.05) is 37.3 Å². The highest BCUT2D eigenvalue weighted by Crippen LogP contribution is 2.40. The number of thiazole rings is 1. The fourth-order valence-corrected chi connectivity index (χ4v) is 6.86. The first-order valence-electron chi connectivity index (χ1n) is 13.5. The number of fused-ring (bicyclic) bond motifs is 2. The maximum Gasteiger partial charge on any atom is 0.260 e. The van der Waals surface area contributed by atoms with Crippen LogP contribution >= 0.6 is 23.7 Å². The third kappa shape index (κ3) is 7.44. The summed E-state index contributed by atoms with van der Waals surface area (Å²) in [6.45, 7) is 6.57. The van der Waals surface area contributed by atoms with Crippen LogP contribution < -0.4 is 14.4 Å². The molecule has 1 aliphatic rings. The van der Waals surface area contributed by atoms with E-state index in [0.717, 1.165) is 48.9 Å². The molecule has 0 unspecified atom stereocenters. The lowest BCUT2D eigenvalue weighted by Crippen LogP contribution is -2.34. The van der Waals surface area contributed by atoms with Crippen LogP contribution in [0, 0.1) is 0 Å². The second-order valence-electron chi connectivity index (χ2n) is 9.92. The average molecular weight is 611 g/mol. The summed E-state index contributed by atoms with van der Waals surface area (Å²) in [5.74, 6) is 1.10. The molecule has 0 aliphatic carbocycles. The largest absolute Gasteiger partial charge is 0.454 e. The lowest BCUT2D eigenvalue weighted by molar-refractivity contribution is 0.0986. The minimum absolute atomic E-state index is 0. The Kier molecular flexibility index (Phi) is 11.6. The number of halogens is 1. The first-order chi connectivity index (χ1) is 18.7.